The van der Waals surface area contributed by atoms with Gasteiger partial charge in [0.25, 0.3) is 0 Å². The minimum absolute atomic E-state index is 0.587. The summed E-state index contributed by atoms with van der Waals surface area (Å²) in [5.41, 5.74) is 14.3. The van der Waals surface area contributed by atoms with Crippen molar-refractivity contribution in [2.24, 2.45) is 0 Å². The summed E-state index contributed by atoms with van der Waals surface area (Å²) < 4.78 is 0. The molecule has 0 saturated carbocycles. The third-order valence-electron chi connectivity index (χ3n) is 12.3. The fourth-order valence-corrected chi connectivity index (χ4v) is 9.92. The van der Waals surface area contributed by atoms with E-state index in [1.165, 1.54) is 139 Å². The minimum Gasteiger partial charge on any atom is -0.184 e. The van der Waals surface area contributed by atoms with E-state index in [0.29, 0.717) is 11.8 Å². The topological polar surface area (TPSA) is 0 Å². The first-order chi connectivity index (χ1) is 30.3. The van der Waals surface area contributed by atoms with Gasteiger partial charge in [0.15, 0.2) is 0 Å². The molecule has 0 bridgehead atoms. The van der Waals surface area contributed by atoms with Gasteiger partial charge in [-0.15, -0.1) is 74.6 Å². The fourth-order valence-electron chi connectivity index (χ4n) is 8.61. The zero-order valence-electron chi connectivity index (χ0n) is 37.5. The van der Waals surface area contributed by atoms with E-state index in [-0.39, 0.29) is 0 Å². The monoisotopic (exact) mass is 945 g/mol. The van der Waals surface area contributed by atoms with Crippen LogP contribution in [0.25, 0.3) is 54.9 Å². The summed E-state index contributed by atoms with van der Waals surface area (Å²) in [5.74, 6) is 1.17. The molecule has 1 heterocycles. The number of hydrogen-bond acceptors (Lipinski definition) is 0. The van der Waals surface area contributed by atoms with Gasteiger partial charge in [0.2, 0.25) is 0 Å². The van der Waals surface area contributed by atoms with Crippen molar-refractivity contribution in [3.8, 4) is 33.4 Å². The van der Waals surface area contributed by atoms with Crippen LogP contribution in [0.1, 0.15) is 114 Å². The maximum atomic E-state index is 4.93. The van der Waals surface area contributed by atoms with E-state index < -0.39 is 20.8 Å². The molecule has 4 heteroatoms. The molecule has 9 rings (SSSR count). The quantitative estimate of drug-likeness (QED) is 0.0846. The molecular weight excluding hydrogens is 887 g/mol. The van der Waals surface area contributed by atoms with Gasteiger partial charge in [-0.3, -0.25) is 0 Å². The average Bonchev–Trinajstić information content (AvgIpc) is 4.05. The normalized spacial score (nSPS) is 12.2. The number of rotatable bonds is 12. The van der Waals surface area contributed by atoms with Gasteiger partial charge in [-0.25, -0.2) is 0 Å². The molecule has 1 aliphatic heterocycles. The Balaban J connectivity index is 0.000000155. The van der Waals surface area contributed by atoms with E-state index in [1.54, 1.807) is 0 Å². The standard InChI is InChI=1S/2C23H27.C12H7Si.2ClH.Zr/c2*1-4-6-10-18-15-20-13-14-21(17(3)5-2)23(22(20)16-18)19-11-8-7-9-12-19;1-3-7-11-9(5-1)10-6-2-4-8-12(10)13-11;;;/h2*7-9,11-17H,4-6,10H2,1-3H3;1-7H;2*1H;/q3*-1;;;+2/p-2. The Morgan fingerprint density at radius 1 is 0.565 bits per heavy atom. The molecule has 62 heavy (non-hydrogen) atoms. The Kier molecular flexibility index (Phi) is 18.7. The van der Waals surface area contributed by atoms with Crippen molar-refractivity contribution < 1.29 is 20.8 Å². The van der Waals surface area contributed by atoms with Crippen LogP contribution in [0.5, 0.6) is 0 Å². The molecule has 0 nitrogen and oxygen atoms in total. The molecule has 0 spiro atoms. The molecule has 0 aromatic heterocycles. The Bertz CT molecular complexity index is 2410. The fraction of sp³-hybridized carbons (Fsp3) is 0.276. The van der Waals surface area contributed by atoms with Gasteiger partial charge in [0.1, 0.15) is 0 Å². The summed E-state index contributed by atoms with van der Waals surface area (Å²) in [6.45, 7) is 13.8. The largest absolute Gasteiger partial charge is 0.184 e. The summed E-state index contributed by atoms with van der Waals surface area (Å²) in [4.78, 5) is 0. The van der Waals surface area contributed by atoms with Crippen LogP contribution in [-0.2, 0) is 33.7 Å². The molecule has 0 fully saturated rings. The van der Waals surface area contributed by atoms with Gasteiger partial charge < -0.3 is 0 Å². The maximum Gasteiger partial charge on any atom is 0.0920 e. The van der Waals surface area contributed by atoms with Crippen LogP contribution in [0.3, 0.4) is 0 Å². The van der Waals surface area contributed by atoms with Crippen molar-refractivity contribution >= 4 is 58.5 Å². The SMILES string of the molecule is CCCCc1cc2c(-c3ccccc3)c(C(C)CC)ccc2[cH-]1.CCCCc1cc2c(-c3ccccc3)c(C(C)CC)ccc2[cH-]1.[Cl][Zr][Cl].[c-]1cccc2c1[Si]c1ccccc1-2. The predicted molar refractivity (Wildman–Crippen MR) is 272 cm³/mol. The van der Waals surface area contributed by atoms with E-state index >= 15 is 0 Å². The van der Waals surface area contributed by atoms with Gasteiger partial charge in [0.05, 0.1) is 9.52 Å². The smallest absolute Gasteiger partial charge is 0.0920 e. The number of halogens is 2. The van der Waals surface area contributed by atoms with E-state index in [4.69, 9.17) is 17.0 Å². The van der Waals surface area contributed by atoms with Crippen molar-refractivity contribution in [1.82, 2.24) is 0 Å². The van der Waals surface area contributed by atoms with Crippen LogP contribution >= 0.6 is 17.0 Å². The first-order valence-corrected chi connectivity index (χ1v) is 30.1. The number of hydrogen-bond donors (Lipinski definition) is 0. The van der Waals surface area contributed by atoms with E-state index in [0.717, 1.165) is 9.52 Å². The second-order valence-corrected chi connectivity index (χ2v) is 21.6. The Hall–Kier alpha value is -3.78. The molecule has 0 saturated heterocycles. The number of aryl methyl sites for hydroxylation is 2. The van der Waals surface area contributed by atoms with E-state index in [2.05, 4.69) is 193 Å². The molecule has 1 aliphatic rings. The number of benzene rings is 6. The minimum atomic E-state index is -0.826. The first-order valence-electron chi connectivity index (χ1n) is 22.7. The van der Waals surface area contributed by atoms with Gasteiger partial charge in [-0.1, -0.05) is 185 Å². The van der Waals surface area contributed by atoms with Gasteiger partial charge >= 0.3 is 37.9 Å². The number of unbranched alkanes of at least 4 members (excludes halogenated alkanes) is 2. The Morgan fingerprint density at radius 2 is 1.02 bits per heavy atom. The summed E-state index contributed by atoms with van der Waals surface area (Å²) >= 11 is -0.826. The maximum absolute atomic E-state index is 4.93. The molecule has 0 aliphatic carbocycles. The summed E-state index contributed by atoms with van der Waals surface area (Å²) in [5, 5.41) is 8.47. The van der Waals surface area contributed by atoms with Crippen molar-refractivity contribution in [3.05, 3.63) is 180 Å². The Morgan fingerprint density at radius 3 is 1.48 bits per heavy atom. The summed E-state index contributed by atoms with van der Waals surface area (Å²) in [7, 11) is 10.7. The zero-order chi connectivity index (χ0) is 43.8. The Labute approximate surface area is 394 Å². The first kappa shape index (κ1) is 47.7. The predicted octanol–water partition coefficient (Wildman–Crippen LogP) is 16.7. The van der Waals surface area contributed by atoms with Gasteiger partial charge in [-0.2, -0.15) is 41.6 Å². The van der Waals surface area contributed by atoms with E-state index in [9.17, 15) is 0 Å². The second kappa shape index (κ2) is 24.3. The third kappa shape index (κ3) is 11.9. The van der Waals surface area contributed by atoms with Crippen LogP contribution in [0, 0.1) is 6.07 Å². The van der Waals surface area contributed by atoms with Gasteiger partial charge in [-0.05, 0) is 48.6 Å². The van der Waals surface area contributed by atoms with Crippen molar-refractivity contribution in [1.29, 1.82) is 0 Å². The van der Waals surface area contributed by atoms with Crippen molar-refractivity contribution in [2.75, 3.05) is 0 Å². The zero-order valence-corrected chi connectivity index (χ0v) is 42.5. The van der Waals surface area contributed by atoms with Crippen molar-refractivity contribution in [3.63, 3.8) is 0 Å². The van der Waals surface area contributed by atoms with Crippen molar-refractivity contribution in [2.45, 2.75) is 105 Å². The molecule has 2 atom stereocenters. The van der Waals surface area contributed by atoms with Crippen LogP contribution in [-0.4, -0.2) is 9.52 Å². The molecular formula is C58H61Cl2SiZr-3. The summed E-state index contributed by atoms with van der Waals surface area (Å²) in [6.07, 6.45) is 9.79. The summed E-state index contributed by atoms with van der Waals surface area (Å²) in [6, 6.07) is 58.9. The molecule has 0 amide bonds. The second-order valence-electron chi connectivity index (χ2n) is 16.6. The van der Waals surface area contributed by atoms with Crippen LogP contribution < -0.4 is 10.4 Å². The molecule has 318 valence electrons. The van der Waals surface area contributed by atoms with Crippen LogP contribution in [0.4, 0.5) is 0 Å². The average molecular weight is 948 g/mol. The molecule has 8 aromatic carbocycles. The molecule has 8 aromatic rings. The number of fused-ring (bicyclic) bond motifs is 5. The van der Waals surface area contributed by atoms with E-state index in [1.807, 2.05) is 6.07 Å². The molecule has 0 N–H and O–H groups in total. The third-order valence-corrected chi connectivity index (χ3v) is 13.7. The van der Waals surface area contributed by atoms with Crippen LogP contribution in [0.2, 0.25) is 0 Å². The van der Waals surface area contributed by atoms with Crippen LogP contribution in [0.15, 0.2) is 152 Å². The molecule has 2 radical (unpaired) electrons. The van der Waals surface area contributed by atoms with Gasteiger partial charge in [0, 0.05) is 0 Å². The molecule has 2 unspecified atom stereocenters.